The summed E-state index contributed by atoms with van der Waals surface area (Å²) in [4.78, 5) is 7.96. The molecule has 2 aromatic heterocycles. The maximum Gasteiger partial charge on any atom is 0.183 e. The predicted molar refractivity (Wildman–Crippen MR) is 63.7 cm³/mol. The molecule has 6 nitrogen and oxygen atoms in total. The van der Waals surface area contributed by atoms with Gasteiger partial charge in [0.05, 0.1) is 5.69 Å². The lowest BCUT2D eigenvalue weighted by Gasteiger charge is -2.06. The lowest BCUT2D eigenvalue weighted by Crippen LogP contribution is -1.99. The van der Waals surface area contributed by atoms with E-state index >= 15 is 0 Å². The average Bonchev–Trinajstić information content (AvgIpc) is 2.77. The first-order chi connectivity index (χ1) is 9.15. The van der Waals surface area contributed by atoms with Gasteiger partial charge in [-0.1, -0.05) is 5.21 Å². The lowest BCUT2D eigenvalue weighted by atomic mass is 10.3. The van der Waals surface area contributed by atoms with Crippen molar-refractivity contribution in [3.05, 3.63) is 36.2 Å². The highest BCUT2D eigenvalue weighted by Crippen LogP contribution is 2.23. The van der Waals surface area contributed by atoms with Gasteiger partial charge in [-0.15, -0.1) is 5.10 Å². The summed E-state index contributed by atoms with van der Waals surface area (Å²) in [5, 5.41) is 10.4. The minimum Gasteiger partial charge on any atom is -0.336 e. The van der Waals surface area contributed by atoms with Gasteiger partial charge >= 0.3 is 0 Å². The molecule has 2 heterocycles. The topological polar surface area (TPSA) is 68.5 Å². The van der Waals surface area contributed by atoms with E-state index in [9.17, 15) is 8.78 Å². The van der Waals surface area contributed by atoms with Crippen LogP contribution in [0.3, 0.4) is 0 Å². The van der Waals surface area contributed by atoms with Gasteiger partial charge in [0.2, 0.25) is 0 Å². The van der Waals surface area contributed by atoms with Crippen molar-refractivity contribution in [1.29, 1.82) is 0 Å². The fourth-order valence-corrected chi connectivity index (χ4v) is 1.66. The Hall–Kier alpha value is -2.64. The molecule has 0 unspecified atom stereocenters. The maximum atomic E-state index is 13.5. The Morgan fingerprint density at radius 3 is 2.89 bits per heavy atom. The number of benzene rings is 1. The summed E-state index contributed by atoms with van der Waals surface area (Å²) >= 11 is 0. The molecule has 0 aliphatic carbocycles. The molecule has 8 heteroatoms. The third-order valence-corrected chi connectivity index (χ3v) is 2.57. The highest BCUT2D eigenvalue weighted by atomic mass is 19.1. The van der Waals surface area contributed by atoms with Gasteiger partial charge in [-0.2, -0.15) is 0 Å². The van der Waals surface area contributed by atoms with E-state index in [0.29, 0.717) is 11.2 Å². The van der Waals surface area contributed by atoms with Crippen LogP contribution >= 0.6 is 0 Å². The van der Waals surface area contributed by atoms with Crippen molar-refractivity contribution in [3.8, 4) is 0 Å². The summed E-state index contributed by atoms with van der Waals surface area (Å²) in [6.45, 7) is 0. The van der Waals surface area contributed by atoms with Gasteiger partial charge in [0, 0.05) is 13.1 Å². The molecule has 19 heavy (non-hydrogen) atoms. The van der Waals surface area contributed by atoms with Crippen molar-refractivity contribution < 1.29 is 8.78 Å². The third kappa shape index (κ3) is 1.96. The maximum absolute atomic E-state index is 13.5. The zero-order valence-electron chi connectivity index (χ0n) is 9.80. The Morgan fingerprint density at radius 2 is 2.05 bits per heavy atom. The van der Waals surface area contributed by atoms with Crippen LogP contribution in [0.4, 0.5) is 20.3 Å². The van der Waals surface area contributed by atoms with E-state index in [1.807, 2.05) is 0 Å². The van der Waals surface area contributed by atoms with Crippen LogP contribution in [0.25, 0.3) is 11.2 Å². The van der Waals surface area contributed by atoms with E-state index < -0.39 is 11.6 Å². The molecular weight excluding hydrogens is 254 g/mol. The molecule has 0 bridgehead atoms. The molecule has 3 rings (SSSR count). The number of anilines is 2. The SMILES string of the molecule is Cn1nnc2c(Nc3cc(F)ccc3F)ncnc21. The Kier molecular flexibility index (Phi) is 2.55. The van der Waals surface area contributed by atoms with Crippen LogP contribution in [-0.4, -0.2) is 25.0 Å². The normalized spacial score (nSPS) is 10.9. The standard InChI is InChI=1S/C11H8F2N6/c1-19-11-9(17-18-19)10(14-5-15-11)16-8-4-6(12)2-3-7(8)13/h2-5H,1H3,(H,14,15,16). The third-order valence-electron chi connectivity index (χ3n) is 2.57. The number of aromatic nitrogens is 5. The van der Waals surface area contributed by atoms with Crippen molar-refractivity contribution in [2.45, 2.75) is 0 Å². The molecule has 3 aromatic rings. The van der Waals surface area contributed by atoms with E-state index in [2.05, 4.69) is 25.6 Å². The van der Waals surface area contributed by atoms with Gasteiger partial charge in [-0.25, -0.2) is 23.4 Å². The summed E-state index contributed by atoms with van der Waals surface area (Å²) in [5.41, 5.74) is 0.855. The van der Waals surface area contributed by atoms with Crippen LogP contribution in [0.2, 0.25) is 0 Å². The minimum absolute atomic E-state index is 0.0225. The molecule has 1 aromatic carbocycles. The smallest absolute Gasteiger partial charge is 0.183 e. The van der Waals surface area contributed by atoms with Gasteiger partial charge in [0.1, 0.15) is 18.0 Å². The largest absolute Gasteiger partial charge is 0.336 e. The lowest BCUT2D eigenvalue weighted by molar-refractivity contribution is 0.603. The first-order valence-corrected chi connectivity index (χ1v) is 5.37. The average molecular weight is 262 g/mol. The molecule has 0 aliphatic heterocycles. The zero-order valence-corrected chi connectivity index (χ0v) is 9.80. The number of halogens is 2. The van der Waals surface area contributed by atoms with Crippen molar-refractivity contribution in [1.82, 2.24) is 25.0 Å². The molecule has 0 fully saturated rings. The van der Waals surface area contributed by atoms with E-state index in [1.54, 1.807) is 7.05 Å². The van der Waals surface area contributed by atoms with E-state index in [4.69, 9.17) is 0 Å². The predicted octanol–water partition coefficient (Wildman–Crippen LogP) is 1.78. The van der Waals surface area contributed by atoms with E-state index in [1.165, 1.54) is 11.0 Å². The number of nitrogens with one attached hydrogen (secondary N) is 1. The van der Waals surface area contributed by atoms with Gasteiger partial charge in [-0.05, 0) is 12.1 Å². The zero-order chi connectivity index (χ0) is 13.4. The highest BCUT2D eigenvalue weighted by Gasteiger charge is 2.12. The second-order valence-electron chi connectivity index (χ2n) is 3.86. The van der Waals surface area contributed by atoms with Crippen LogP contribution in [0, 0.1) is 11.6 Å². The number of rotatable bonds is 2. The number of nitrogens with zero attached hydrogens (tertiary/aromatic N) is 5. The van der Waals surface area contributed by atoms with Crippen molar-refractivity contribution >= 4 is 22.7 Å². The van der Waals surface area contributed by atoms with Gasteiger partial charge < -0.3 is 5.32 Å². The van der Waals surface area contributed by atoms with Gasteiger partial charge in [-0.3, -0.25) is 0 Å². The molecule has 0 radical (unpaired) electrons. The van der Waals surface area contributed by atoms with E-state index in [0.717, 1.165) is 18.2 Å². The Balaban J connectivity index is 2.08. The Bertz CT molecular complexity index is 754. The Labute approximate surface area is 106 Å². The van der Waals surface area contributed by atoms with Crippen LogP contribution in [0.5, 0.6) is 0 Å². The summed E-state index contributed by atoms with van der Waals surface area (Å²) in [5.74, 6) is -0.868. The summed E-state index contributed by atoms with van der Waals surface area (Å²) in [6.07, 6.45) is 1.30. The Morgan fingerprint density at radius 1 is 1.21 bits per heavy atom. The summed E-state index contributed by atoms with van der Waals surface area (Å²) in [6, 6.07) is 3.12. The van der Waals surface area contributed by atoms with Crippen LogP contribution in [-0.2, 0) is 7.05 Å². The summed E-state index contributed by atoms with van der Waals surface area (Å²) in [7, 11) is 1.68. The van der Waals surface area contributed by atoms with Crippen LogP contribution in [0.1, 0.15) is 0 Å². The molecule has 0 saturated carbocycles. The van der Waals surface area contributed by atoms with Crippen LogP contribution in [0.15, 0.2) is 24.5 Å². The van der Waals surface area contributed by atoms with Gasteiger partial charge in [0.25, 0.3) is 0 Å². The second kappa shape index (κ2) is 4.23. The molecule has 0 atom stereocenters. The second-order valence-corrected chi connectivity index (χ2v) is 3.86. The van der Waals surface area contributed by atoms with Crippen LogP contribution < -0.4 is 5.32 Å². The molecular formula is C11H8F2N6. The van der Waals surface area contributed by atoms with E-state index in [-0.39, 0.29) is 11.5 Å². The molecule has 0 amide bonds. The monoisotopic (exact) mass is 262 g/mol. The first-order valence-electron chi connectivity index (χ1n) is 5.37. The van der Waals surface area contributed by atoms with Crippen molar-refractivity contribution in [2.24, 2.45) is 7.05 Å². The highest BCUT2D eigenvalue weighted by molar-refractivity contribution is 5.84. The van der Waals surface area contributed by atoms with Gasteiger partial charge in [0.15, 0.2) is 17.0 Å². The number of aryl methyl sites for hydroxylation is 1. The number of hydrogen-bond donors (Lipinski definition) is 1. The minimum atomic E-state index is -0.586. The molecule has 0 saturated heterocycles. The first kappa shape index (κ1) is 11.5. The summed E-state index contributed by atoms with van der Waals surface area (Å²) < 4.78 is 28.1. The number of hydrogen-bond acceptors (Lipinski definition) is 5. The molecule has 96 valence electrons. The molecule has 0 spiro atoms. The fourth-order valence-electron chi connectivity index (χ4n) is 1.66. The molecule has 0 aliphatic rings. The quantitative estimate of drug-likeness (QED) is 0.762. The number of fused-ring (bicyclic) bond motifs is 1. The fraction of sp³-hybridized carbons (Fsp3) is 0.0909. The van der Waals surface area contributed by atoms with Crippen molar-refractivity contribution in [2.75, 3.05) is 5.32 Å². The van der Waals surface area contributed by atoms with Crippen molar-refractivity contribution in [3.63, 3.8) is 0 Å². The molecule has 1 N–H and O–H groups in total.